The molecule has 0 amide bonds. The maximum atomic E-state index is 6.42. The van der Waals surface area contributed by atoms with Crippen molar-refractivity contribution < 1.29 is 38.5 Å². The maximum absolute atomic E-state index is 6.42. The second-order valence-corrected chi connectivity index (χ2v) is 11.7. The van der Waals surface area contributed by atoms with Gasteiger partial charge in [0.2, 0.25) is 0 Å². The van der Waals surface area contributed by atoms with Gasteiger partial charge in [-0.1, -0.05) is 72.8 Å². The Kier molecular flexibility index (Phi) is 23.1. The lowest BCUT2D eigenvalue weighted by Crippen LogP contribution is -2.44. The topological polar surface area (TPSA) is 73.8 Å². The third-order valence-corrected chi connectivity index (χ3v) is 6.10. The van der Waals surface area contributed by atoms with E-state index in [4.69, 9.17) is 38.5 Å². The highest BCUT2D eigenvalue weighted by Crippen LogP contribution is 2.31. The summed E-state index contributed by atoms with van der Waals surface area (Å²) in [4.78, 5) is 11.0. The number of rotatable bonds is 28. The van der Waals surface area contributed by atoms with Crippen LogP contribution in [0.4, 0.5) is 0 Å². The van der Waals surface area contributed by atoms with Crippen LogP contribution in [-0.4, -0.2) is 50.6 Å². The van der Waals surface area contributed by atoms with Crippen LogP contribution in [0.25, 0.3) is 0 Å². The summed E-state index contributed by atoms with van der Waals surface area (Å²) in [5.41, 5.74) is 0. The standard InChI is InChI=1S/C31H64O8/c1-11-14-18-23-32-30(34-25-27(6)7,37-29(10)13-3)20-16-17-21-31(36-28(8)9,33-22-15-12-2)38-39-35-24-19-26(4)5/h26-29H,11-25H2,1-10H3. The zero-order chi connectivity index (χ0) is 29.6. The Morgan fingerprint density at radius 2 is 1.21 bits per heavy atom. The highest BCUT2D eigenvalue weighted by molar-refractivity contribution is 4.66. The Bertz CT molecular complexity index is 545. The summed E-state index contributed by atoms with van der Waals surface area (Å²) in [5.74, 6) is -1.56. The van der Waals surface area contributed by atoms with Gasteiger partial charge in [0.05, 0.1) is 38.6 Å². The van der Waals surface area contributed by atoms with Gasteiger partial charge in [0.15, 0.2) is 0 Å². The van der Waals surface area contributed by atoms with Crippen LogP contribution >= 0.6 is 0 Å². The molecule has 0 spiro atoms. The molecule has 236 valence electrons. The lowest BCUT2D eigenvalue weighted by molar-refractivity contribution is -0.614. The van der Waals surface area contributed by atoms with Crippen LogP contribution in [0.5, 0.6) is 0 Å². The first-order valence-corrected chi connectivity index (χ1v) is 15.8. The molecule has 0 bridgehead atoms. The van der Waals surface area contributed by atoms with Crippen molar-refractivity contribution in [3.05, 3.63) is 0 Å². The lowest BCUT2D eigenvalue weighted by Gasteiger charge is -2.37. The molecule has 0 rings (SSSR count). The van der Waals surface area contributed by atoms with E-state index in [2.05, 4.69) is 55.4 Å². The second-order valence-electron chi connectivity index (χ2n) is 11.7. The SMILES string of the molecule is CCCCCOC(CCCCC(OCCCC)(OOOCCC(C)C)OC(C)C)(OCC(C)C)OC(C)CC. The second kappa shape index (κ2) is 23.3. The molecule has 0 N–H and O–H groups in total. The quantitative estimate of drug-likeness (QED) is 0.0404. The van der Waals surface area contributed by atoms with Crippen LogP contribution in [0.2, 0.25) is 0 Å². The molecule has 0 aliphatic carbocycles. The van der Waals surface area contributed by atoms with E-state index in [0.717, 1.165) is 57.8 Å². The third kappa shape index (κ3) is 20.2. The van der Waals surface area contributed by atoms with Gasteiger partial charge in [-0.05, 0) is 71.1 Å². The van der Waals surface area contributed by atoms with E-state index < -0.39 is 11.9 Å². The zero-order valence-corrected chi connectivity index (χ0v) is 27.2. The Morgan fingerprint density at radius 1 is 0.590 bits per heavy atom. The number of hydrogen-bond donors (Lipinski definition) is 0. The first-order valence-electron chi connectivity index (χ1n) is 15.8. The highest BCUT2D eigenvalue weighted by atomic mass is 17.5. The minimum atomic E-state index is -1.36. The lowest BCUT2D eigenvalue weighted by atomic mass is 10.1. The summed E-state index contributed by atoms with van der Waals surface area (Å²) in [6.07, 6.45) is 9.29. The predicted molar refractivity (Wildman–Crippen MR) is 156 cm³/mol. The summed E-state index contributed by atoms with van der Waals surface area (Å²) >= 11 is 0. The highest BCUT2D eigenvalue weighted by Gasteiger charge is 2.39. The van der Waals surface area contributed by atoms with Crippen molar-refractivity contribution in [3.63, 3.8) is 0 Å². The van der Waals surface area contributed by atoms with Gasteiger partial charge in [-0.3, -0.25) is 0 Å². The fraction of sp³-hybridized carbons (Fsp3) is 1.00. The summed E-state index contributed by atoms with van der Waals surface area (Å²) in [6.45, 7) is 23.0. The first kappa shape index (κ1) is 38.7. The molecule has 0 aromatic heterocycles. The molecule has 0 aromatic rings. The van der Waals surface area contributed by atoms with Crippen molar-refractivity contribution in [1.82, 2.24) is 0 Å². The van der Waals surface area contributed by atoms with Crippen molar-refractivity contribution in [2.24, 2.45) is 11.8 Å². The first-order chi connectivity index (χ1) is 18.5. The van der Waals surface area contributed by atoms with E-state index in [0.29, 0.717) is 51.1 Å². The molecule has 3 atom stereocenters. The van der Waals surface area contributed by atoms with Crippen molar-refractivity contribution in [3.8, 4) is 0 Å². The molecule has 8 nitrogen and oxygen atoms in total. The van der Waals surface area contributed by atoms with Gasteiger partial charge in [0.25, 0.3) is 5.97 Å². The number of ether oxygens (including phenoxy) is 5. The third-order valence-electron chi connectivity index (χ3n) is 6.10. The van der Waals surface area contributed by atoms with Gasteiger partial charge in [0, 0.05) is 12.8 Å². The Morgan fingerprint density at radius 3 is 1.77 bits per heavy atom. The molecule has 0 heterocycles. The average Bonchev–Trinajstić information content (AvgIpc) is 2.87. The smallest absolute Gasteiger partial charge is 0.315 e. The number of hydrogen-bond acceptors (Lipinski definition) is 8. The summed E-state index contributed by atoms with van der Waals surface area (Å²) < 4.78 is 31.4. The van der Waals surface area contributed by atoms with Gasteiger partial charge < -0.3 is 23.7 Å². The largest absolute Gasteiger partial charge is 0.327 e. The van der Waals surface area contributed by atoms with E-state index in [9.17, 15) is 0 Å². The maximum Gasteiger partial charge on any atom is 0.315 e. The molecule has 0 fully saturated rings. The van der Waals surface area contributed by atoms with E-state index in [1.54, 1.807) is 0 Å². The van der Waals surface area contributed by atoms with Gasteiger partial charge >= 0.3 is 5.97 Å². The van der Waals surface area contributed by atoms with E-state index in [-0.39, 0.29) is 12.2 Å². The average molecular weight is 565 g/mol. The molecular formula is C31H64O8. The minimum Gasteiger partial charge on any atom is -0.327 e. The molecule has 39 heavy (non-hydrogen) atoms. The van der Waals surface area contributed by atoms with Crippen LogP contribution in [0, 0.1) is 11.8 Å². The van der Waals surface area contributed by atoms with Crippen LogP contribution in [0.15, 0.2) is 0 Å². The fourth-order valence-electron chi connectivity index (χ4n) is 3.63. The van der Waals surface area contributed by atoms with Crippen LogP contribution < -0.4 is 0 Å². The van der Waals surface area contributed by atoms with Gasteiger partial charge in [-0.2, -0.15) is 0 Å². The van der Waals surface area contributed by atoms with Gasteiger partial charge in [0.1, 0.15) is 0 Å². The van der Waals surface area contributed by atoms with Crippen molar-refractivity contribution >= 4 is 0 Å². The molecule has 0 aliphatic rings. The molecule has 3 unspecified atom stereocenters. The Labute approximate surface area is 240 Å². The normalized spacial score (nSPS) is 16.2. The van der Waals surface area contributed by atoms with E-state index in [1.165, 1.54) is 0 Å². The molecule has 0 radical (unpaired) electrons. The predicted octanol–water partition coefficient (Wildman–Crippen LogP) is 8.72. The summed E-state index contributed by atoms with van der Waals surface area (Å²) in [7, 11) is 0. The molecule has 0 saturated carbocycles. The Balaban J connectivity index is 5.48. The van der Waals surface area contributed by atoms with E-state index >= 15 is 0 Å². The van der Waals surface area contributed by atoms with E-state index in [1.807, 2.05) is 13.8 Å². The molecule has 0 saturated heterocycles. The van der Waals surface area contributed by atoms with Crippen LogP contribution in [0.1, 0.15) is 140 Å². The van der Waals surface area contributed by atoms with Crippen molar-refractivity contribution in [1.29, 1.82) is 0 Å². The van der Waals surface area contributed by atoms with Crippen molar-refractivity contribution in [2.45, 2.75) is 164 Å². The molecule has 0 aliphatic heterocycles. The summed E-state index contributed by atoms with van der Waals surface area (Å²) in [6, 6.07) is 0. The van der Waals surface area contributed by atoms with Gasteiger partial charge in [-0.25, -0.2) is 4.89 Å². The van der Waals surface area contributed by atoms with Crippen molar-refractivity contribution in [2.75, 3.05) is 26.4 Å². The minimum absolute atomic E-state index is 0.0174. The fourth-order valence-corrected chi connectivity index (χ4v) is 3.63. The Hall–Kier alpha value is -0.320. The summed E-state index contributed by atoms with van der Waals surface area (Å²) in [5, 5.41) is 5.16. The number of unbranched alkanes of at least 4 members (excludes halogenated alkanes) is 4. The molecule has 0 aromatic carbocycles. The van der Waals surface area contributed by atoms with Crippen LogP contribution in [0.3, 0.4) is 0 Å². The monoisotopic (exact) mass is 564 g/mol. The van der Waals surface area contributed by atoms with Crippen LogP contribution in [-0.2, 0) is 38.5 Å². The molecular weight excluding hydrogens is 500 g/mol. The van der Waals surface area contributed by atoms with Gasteiger partial charge in [-0.15, -0.1) is 4.89 Å². The zero-order valence-electron chi connectivity index (χ0n) is 27.2. The molecule has 8 heteroatoms.